The van der Waals surface area contributed by atoms with Crippen molar-refractivity contribution in [3.63, 3.8) is 0 Å². The van der Waals surface area contributed by atoms with Crippen molar-refractivity contribution < 1.29 is 4.74 Å². The number of hydrogen-bond acceptors (Lipinski definition) is 4. The van der Waals surface area contributed by atoms with E-state index in [1.807, 2.05) is 0 Å². The van der Waals surface area contributed by atoms with Gasteiger partial charge in [-0.1, -0.05) is 0 Å². The first-order valence-electron chi connectivity index (χ1n) is 5.73. The lowest BCUT2D eigenvalue weighted by molar-refractivity contribution is 0.0695. The van der Waals surface area contributed by atoms with Gasteiger partial charge < -0.3 is 4.74 Å². The van der Waals surface area contributed by atoms with E-state index in [1.54, 1.807) is 22.4 Å². The van der Waals surface area contributed by atoms with Gasteiger partial charge in [-0.25, -0.2) is 14.8 Å². The van der Waals surface area contributed by atoms with Gasteiger partial charge in [0.05, 0.1) is 6.20 Å². The molecular formula is C11H14N4O2. The van der Waals surface area contributed by atoms with E-state index < -0.39 is 0 Å². The second-order valence-corrected chi connectivity index (χ2v) is 4.29. The number of nitrogens with zero attached hydrogens (tertiary/aromatic N) is 4. The van der Waals surface area contributed by atoms with E-state index in [0.29, 0.717) is 13.2 Å². The van der Waals surface area contributed by atoms with Crippen LogP contribution in [0, 0.1) is 0 Å². The summed E-state index contributed by atoms with van der Waals surface area (Å²) >= 11 is 0. The number of hydrogen-bond donors (Lipinski definition) is 0. The predicted octanol–water partition coefficient (Wildman–Crippen LogP) is 0.481. The van der Waals surface area contributed by atoms with E-state index in [4.69, 9.17) is 4.74 Å². The number of fused-ring (bicyclic) bond motifs is 1. The first kappa shape index (κ1) is 10.5. The van der Waals surface area contributed by atoms with Crippen LogP contribution < -0.4 is 5.69 Å². The van der Waals surface area contributed by atoms with Crippen LogP contribution in [0.1, 0.15) is 18.9 Å². The first-order valence-corrected chi connectivity index (χ1v) is 5.73. The highest BCUT2D eigenvalue weighted by Crippen LogP contribution is 2.22. The molecule has 1 aliphatic heterocycles. The number of imidazole rings is 1. The fourth-order valence-corrected chi connectivity index (χ4v) is 2.37. The number of aromatic nitrogens is 4. The van der Waals surface area contributed by atoms with Crippen LogP contribution >= 0.6 is 0 Å². The number of aryl methyl sites for hydroxylation is 1. The summed E-state index contributed by atoms with van der Waals surface area (Å²) in [5, 5.41) is 0. The molecule has 2 aromatic heterocycles. The van der Waals surface area contributed by atoms with Crippen molar-refractivity contribution in [3.05, 3.63) is 23.0 Å². The Labute approximate surface area is 97.9 Å². The molecule has 6 nitrogen and oxygen atoms in total. The molecule has 0 aromatic carbocycles. The molecule has 17 heavy (non-hydrogen) atoms. The second-order valence-electron chi connectivity index (χ2n) is 4.29. The van der Waals surface area contributed by atoms with Gasteiger partial charge >= 0.3 is 5.69 Å². The largest absolute Gasteiger partial charge is 0.381 e. The van der Waals surface area contributed by atoms with Crippen molar-refractivity contribution in [1.29, 1.82) is 0 Å². The molecule has 1 saturated heterocycles. The van der Waals surface area contributed by atoms with Gasteiger partial charge in [0.1, 0.15) is 11.8 Å². The summed E-state index contributed by atoms with van der Waals surface area (Å²) in [6.45, 7) is 1.41. The molecule has 0 aliphatic carbocycles. The van der Waals surface area contributed by atoms with Crippen molar-refractivity contribution in [2.45, 2.75) is 18.9 Å². The van der Waals surface area contributed by atoms with Gasteiger partial charge in [-0.2, -0.15) is 0 Å². The van der Waals surface area contributed by atoms with E-state index in [0.717, 1.165) is 24.0 Å². The average molecular weight is 234 g/mol. The van der Waals surface area contributed by atoms with Gasteiger partial charge in [-0.05, 0) is 12.8 Å². The normalized spacial score (nSPS) is 17.7. The highest BCUT2D eigenvalue weighted by molar-refractivity contribution is 5.70. The monoisotopic (exact) mass is 234 g/mol. The molecule has 1 fully saturated rings. The van der Waals surface area contributed by atoms with E-state index in [1.165, 1.54) is 6.33 Å². The van der Waals surface area contributed by atoms with Crippen molar-refractivity contribution in [1.82, 2.24) is 19.1 Å². The molecule has 0 radical (unpaired) electrons. The van der Waals surface area contributed by atoms with E-state index >= 15 is 0 Å². The maximum Gasteiger partial charge on any atom is 0.330 e. The summed E-state index contributed by atoms with van der Waals surface area (Å²) in [4.78, 5) is 20.4. The van der Waals surface area contributed by atoms with Crippen LogP contribution in [0.15, 0.2) is 17.3 Å². The zero-order valence-electron chi connectivity index (χ0n) is 9.67. The Morgan fingerprint density at radius 1 is 1.41 bits per heavy atom. The quantitative estimate of drug-likeness (QED) is 0.720. The summed E-state index contributed by atoms with van der Waals surface area (Å²) < 4.78 is 8.70. The van der Waals surface area contributed by atoms with E-state index in [2.05, 4.69) is 9.97 Å². The van der Waals surface area contributed by atoms with Crippen LogP contribution in [-0.2, 0) is 11.8 Å². The fraction of sp³-hybridized carbons (Fsp3) is 0.545. The van der Waals surface area contributed by atoms with E-state index in [9.17, 15) is 4.79 Å². The van der Waals surface area contributed by atoms with Crippen LogP contribution in [0.4, 0.5) is 0 Å². The summed E-state index contributed by atoms with van der Waals surface area (Å²) in [7, 11) is 1.75. The Kier molecular flexibility index (Phi) is 2.44. The van der Waals surface area contributed by atoms with Gasteiger partial charge in [-0.3, -0.25) is 9.13 Å². The Balaban J connectivity index is 2.21. The average Bonchev–Trinajstić information content (AvgIpc) is 2.64. The van der Waals surface area contributed by atoms with Crippen molar-refractivity contribution in [3.8, 4) is 0 Å². The molecule has 0 saturated carbocycles. The maximum absolute atomic E-state index is 12.2. The van der Waals surface area contributed by atoms with Crippen LogP contribution in [0.2, 0.25) is 0 Å². The van der Waals surface area contributed by atoms with Gasteiger partial charge in [0.15, 0.2) is 5.65 Å². The van der Waals surface area contributed by atoms with Crippen LogP contribution in [0.25, 0.3) is 11.2 Å². The predicted molar refractivity (Wildman–Crippen MR) is 61.9 cm³/mol. The van der Waals surface area contributed by atoms with Crippen molar-refractivity contribution in [2.75, 3.05) is 13.2 Å². The van der Waals surface area contributed by atoms with Gasteiger partial charge in [0.25, 0.3) is 0 Å². The first-order chi connectivity index (χ1) is 8.29. The lowest BCUT2D eigenvalue weighted by Gasteiger charge is -2.22. The number of ether oxygens (including phenoxy) is 1. The Morgan fingerprint density at radius 3 is 2.94 bits per heavy atom. The lowest BCUT2D eigenvalue weighted by atomic mass is 10.1. The van der Waals surface area contributed by atoms with Crippen molar-refractivity contribution >= 4 is 11.2 Å². The molecule has 0 atom stereocenters. The molecule has 3 rings (SSSR count). The molecule has 1 aliphatic rings. The van der Waals surface area contributed by atoms with Crippen molar-refractivity contribution in [2.24, 2.45) is 7.05 Å². The van der Waals surface area contributed by atoms with E-state index in [-0.39, 0.29) is 11.7 Å². The minimum Gasteiger partial charge on any atom is -0.381 e. The SMILES string of the molecule is Cn1c(=O)n(C2CCOCC2)c2ncncc21. The molecule has 0 amide bonds. The zero-order valence-corrected chi connectivity index (χ0v) is 9.67. The summed E-state index contributed by atoms with van der Waals surface area (Å²) in [5.74, 6) is 0. The maximum atomic E-state index is 12.2. The molecule has 6 heteroatoms. The molecule has 90 valence electrons. The molecule has 0 unspecified atom stereocenters. The van der Waals surface area contributed by atoms with Crippen LogP contribution in [-0.4, -0.2) is 32.3 Å². The highest BCUT2D eigenvalue weighted by Gasteiger charge is 2.22. The minimum absolute atomic E-state index is 0.0209. The fourth-order valence-electron chi connectivity index (χ4n) is 2.37. The third-order valence-corrected chi connectivity index (χ3v) is 3.31. The summed E-state index contributed by atoms with van der Waals surface area (Å²) in [6.07, 6.45) is 4.89. The molecular weight excluding hydrogens is 220 g/mol. The highest BCUT2D eigenvalue weighted by atomic mass is 16.5. The topological polar surface area (TPSA) is 61.9 Å². The zero-order chi connectivity index (χ0) is 11.8. The second kappa shape index (κ2) is 3.96. The standard InChI is InChI=1S/C11H14N4O2/c1-14-9-6-12-7-13-10(9)15(11(14)16)8-2-4-17-5-3-8/h6-8H,2-5H2,1H3. The number of rotatable bonds is 1. The molecule has 3 heterocycles. The smallest absolute Gasteiger partial charge is 0.330 e. The third-order valence-electron chi connectivity index (χ3n) is 3.31. The van der Waals surface area contributed by atoms with Gasteiger partial charge in [-0.15, -0.1) is 0 Å². The summed E-state index contributed by atoms with van der Waals surface area (Å²) in [6, 6.07) is 0.190. The van der Waals surface area contributed by atoms with Gasteiger partial charge in [0, 0.05) is 26.3 Å². The molecule has 0 bridgehead atoms. The molecule has 2 aromatic rings. The third kappa shape index (κ3) is 1.56. The van der Waals surface area contributed by atoms with Crippen LogP contribution in [0.3, 0.4) is 0 Å². The molecule has 0 N–H and O–H groups in total. The lowest BCUT2D eigenvalue weighted by Crippen LogP contribution is -2.29. The minimum atomic E-state index is -0.0209. The Hall–Kier alpha value is -1.69. The summed E-state index contributed by atoms with van der Waals surface area (Å²) in [5.41, 5.74) is 1.48. The Bertz CT molecular complexity index is 595. The molecule has 0 spiro atoms. The van der Waals surface area contributed by atoms with Crippen LogP contribution in [0.5, 0.6) is 0 Å². The Morgan fingerprint density at radius 2 is 2.18 bits per heavy atom. The van der Waals surface area contributed by atoms with Gasteiger partial charge in [0.2, 0.25) is 0 Å².